The first-order valence-corrected chi connectivity index (χ1v) is 9.91. The highest BCUT2D eigenvalue weighted by atomic mass is 32.1. The van der Waals surface area contributed by atoms with Gasteiger partial charge in [0.1, 0.15) is 0 Å². The average Bonchev–Trinajstić information content (AvgIpc) is 3.15. The van der Waals surface area contributed by atoms with Gasteiger partial charge in [-0.3, -0.25) is 0 Å². The largest absolute Gasteiger partial charge is 0.377 e. The van der Waals surface area contributed by atoms with E-state index >= 15 is 0 Å². The van der Waals surface area contributed by atoms with Crippen LogP contribution in [0.1, 0.15) is 47.9 Å². The zero-order valence-corrected chi connectivity index (χ0v) is 15.2. The van der Waals surface area contributed by atoms with Gasteiger partial charge >= 0.3 is 0 Å². The van der Waals surface area contributed by atoms with Gasteiger partial charge < -0.3 is 15.4 Å². The fourth-order valence-corrected chi connectivity index (χ4v) is 5.00. The summed E-state index contributed by atoms with van der Waals surface area (Å²) < 4.78 is 6.59. The van der Waals surface area contributed by atoms with Crippen molar-refractivity contribution in [2.75, 3.05) is 18.9 Å². The van der Waals surface area contributed by atoms with Crippen molar-refractivity contribution >= 4 is 17.0 Å². The molecule has 4 rings (SSSR count). The summed E-state index contributed by atoms with van der Waals surface area (Å²) in [5.74, 6) is 0.511. The van der Waals surface area contributed by atoms with Gasteiger partial charge in [-0.2, -0.15) is 0 Å². The number of thiophene rings is 1. The van der Waals surface area contributed by atoms with E-state index in [1.54, 1.807) is 0 Å². The van der Waals surface area contributed by atoms with E-state index in [0.29, 0.717) is 18.1 Å². The smallest absolute Gasteiger partial charge is 0.0900 e. The van der Waals surface area contributed by atoms with Gasteiger partial charge in [-0.25, -0.2) is 0 Å². The summed E-state index contributed by atoms with van der Waals surface area (Å²) in [7, 11) is 2.01. The first-order chi connectivity index (χ1) is 11.8. The normalized spacial score (nSPS) is 28.8. The second-order valence-corrected chi connectivity index (χ2v) is 7.87. The molecule has 1 saturated heterocycles. The van der Waals surface area contributed by atoms with Crippen LogP contribution >= 0.6 is 11.3 Å². The number of likely N-dealkylation sites (N-methyl/N-ethyl adjacent to an activating group) is 1. The molecule has 2 aliphatic heterocycles. The molecule has 1 aromatic carbocycles. The van der Waals surface area contributed by atoms with Crippen LogP contribution < -0.4 is 10.6 Å². The van der Waals surface area contributed by atoms with Gasteiger partial charge in [-0.1, -0.05) is 25.1 Å². The summed E-state index contributed by atoms with van der Waals surface area (Å²) in [4.78, 5) is 1.42. The number of hydrogen-bond donors (Lipinski definition) is 2. The van der Waals surface area contributed by atoms with E-state index in [2.05, 4.69) is 53.3 Å². The predicted molar refractivity (Wildman–Crippen MR) is 101 cm³/mol. The summed E-state index contributed by atoms with van der Waals surface area (Å²) in [5.41, 5.74) is 3.99. The van der Waals surface area contributed by atoms with Crippen molar-refractivity contribution in [2.45, 2.75) is 44.4 Å². The second kappa shape index (κ2) is 6.87. The van der Waals surface area contributed by atoms with E-state index in [4.69, 9.17) is 4.74 Å². The molecule has 4 atom stereocenters. The highest BCUT2D eigenvalue weighted by Gasteiger charge is 2.42. The Morgan fingerprint density at radius 2 is 2.21 bits per heavy atom. The van der Waals surface area contributed by atoms with E-state index in [-0.39, 0.29) is 6.10 Å². The Balaban J connectivity index is 1.72. The number of hydrogen-bond acceptors (Lipinski definition) is 4. The van der Waals surface area contributed by atoms with Crippen molar-refractivity contribution < 1.29 is 4.74 Å². The van der Waals surface area contributed by atoms with Gasteiger partial charge in [-0.05, 0) is 49.4 Å². The maximum Gasteiger partial charge on any atom is 0.0900 e. The third-order valence-electron chi connectivity index (χ3n) is 5.40. The number of nitrogens with one attached hydrogen (secondary N) is 2. The molecule has 128 valence electrons. The summed E-state index contributed by atoms with van der Waals surface area (Å²) in [6.07, 6.45) is 3.93. The number of anilines is 1. The molecule has 0 bridgehead atoms. The van der Waals surface area contributed by atoms with Crippen molar-refractivity contribution in [1.82, 2.24) is 5.32 Å². The molecule has 2 N–H and O–H groups in total. The highest BCUT2D eigenvalue weighted by Crippen LogP contribution is 2.51. The van der Waals surface area contributed by atoms with Crippen LogP contribution in [0, 0.1) is 5.92 Å². The molecule has 0 aliphatic carbocycles. The summed E-state index contributed by atoms with van der Waals surface area (Å²) in [6, 6.07) is 11.6. The van der Waals surface area contributed by atoms with Gasteiger partial charge in [0.05, 0.1) is 18.2 Å². The third-order valence-corrected chi connectivity index (χ3v) is 6.36. The molecule has 2 aromatic rings. The van der Waals surface area contributed by atoms with Gasteiger partial charge in [0, 0.05) is 28.6 Å². The Hall–Kier alpha value is -1.36. The monoisotopic (exact) mass is 342 g/mol. The number of rotatable bonds is 4. The van der Waals surface area contributed by atoms with Gasteiger partial charge in [-0.15, -0.1) is 11.3 Å². The number of benzene rings is 1. The van der Waals surface area contributed by atoms with Crippen LogP contribution in [0.25, 0.3) is 0 Å². The number of fused-ring (bicyclic) bond motifs is 3. The van der Waals surface area contributed by atoms with Gasteiger partial charge in [0.2, 0.25) is 0 Å². The van der Waals surface area contributed by atoms with Crippen LogP contribution in [0.5, 0.6) is 0 Å². The zero-order valence-electron chi connectivity index (χ0n) is 14.4. The molecular formula is C20H26N2OS. The highest BCUT2D eigenvalue weighted by molar-refractivity contribution is 7.10. The lowest BCUT2D eigenvalue weighted by Gasteiger charge is -2.45. The van der Waals surface area contributed by atoms with E-state index in [1.165, 1.54) is 28.1 Å². The molecule has 2 aliphatic rings. The van der Waals surface area contributed by atoms with Gasteiger partial charge in [0.25, 0.3) is 0 Å². The molecule has 4 heteroatoms. The molecule has 1 aromatic heterocycles. The summed E-state index contributed by atoms with van der Waals surface area (Å²) >= 11 is 1.85. The Morgan fingerprint density at radius 3 is 2.96 bits per heavy atom. The number of aryl methyl sites for hydroxylation is 1. The van der Waals surface area contributed by atoms with Crippen LogP contribution in [-0.4, -0.2) is 19.7 Å². The lowest BCUT2D eigenvalue weighted by atomic mass is 9.78. The molecule has 0 amide bonds. The van der Waals surface area contributed by atoms with Crippen LogP contribution in [0.3, 0.4) is 0 Å². The fraction of sp³-hybridized carbons (Fsp3) is 0.500. The Kier molecular flexibility index (Phi) is 4.61. The Labute approximate surface area is 148 Å². The maximum absolute atomic E-state index is 6.59. The predicted octanol–water partition coefficient (Wildman–Crippen LogP) is 4.53. The lowest BCUT2D eigenvalue weighted by Crippen LogP contribution is -2.41. The molecule has 0 saturated carbocycles. The van der Waals surface area contributed by atoms with E-state index in [9.17, 15) is 0 Å². The molecule has 3 nitrogen and oxygen atoms in total. The standard InChI is InChI=1S/C20H26N2OS/c1-3-13-6-9-17-16(11-13)20-15(8-7-14(23-20)12-21-2)19(22-17)18-5-4-10-24-18/h4-6,9-11,14-15,19-22H,3,7-8,12H2,1-2H3/t14?,15?,19-,20?/m1/s1. The van der Waals surface area contributed by atoms with E-state index in [1.807, 2.05) is 18.4 Å². The van der Waals surface area contributed by atoms with Crippen LogP contribution in [0.4, 0.5) is 5.69 Å². The fourth-order valence-electron chi connectivity index (χ4n) is 4.15. The molecule has 24 heavy (non-hydrogen) atoms. The van der Waals surface area contributed by atoms with Gasteiger partial charge in [0.15, 0.2) is 0 Å². The molecule has 1 fully saturated rings. The maximum atomic E-state index is 6.59. The summed E-state index contributed by atoms with van der Waals surface area (Å²) in [6.45, 7) is 3.15. The minimum atomic E-state index is 0.201. The Bertz CT molecular complexity index is 685. The van der Waals surface area contributed by atoms with E-state index < -0.39 is 0 Å². The average molecular weight is 343 g/mol. The first kappa shape index (κ1) is 16.1. The van der Waals surface area contributed by atoms with Crippen LogP contribution in [-0.2, 0) is 11.2 Å². The second-order valence-electron chi connectivity index (χ2n) is 6.89. The minimum absolute atomic E-state index is 0.201. The van der Waals surface area contributed by atoms with Crippen LogP contribution in [0.15, 0.2) is 35.7 Å². The molecule has 0 spiro atoms. The quantitative estimate of drug-likeness (QED) is 0.856. The number of ether oxygens (including phenoxy) is 1. The Morgan fingerprint density at radius 1 is 1.29 bits per heavy atom. The van der Waals surface area contributed by atoms with Crippen molar-refractivity contribution in [2.24, 2.45) is 5.92 Å². The molecular weight excluding hydrogens is 316 g/mol. The summed E-state index contributed by atoms with van der Waals surface area (Å²) in [5, 5.41) is 9.27. The van der Waals surface area contributed by atoms with Crippen molar-refractivity contribution in [3.8, 4) is 0 Å². The minimum Gasteiger partial charge on any atom is -0.377 e. The van der Waals surface area contributed by atoms with Crippen molar-refractivity contribution in [3.63, 3.8) is 0 Å². The molecule has 3 unspecified atom stereocenters. The third kappa shape index (κ3) is 2.87. The molecule has 3 heterocycles. The first-order valence-electron chi connectivity index (χ1n) is 9.03. The zero-order chi connectivity index (χ0) is 16.5. The van der Waals surface area contributed by atoms with Crippen molar-refractivity contribution in [3.05, 3.63) is 51.7 Å². The van der Waals surface area contributed by atoms with Crippen LogP contribution in [0.2, 0.25) is 0 Å². The molecule has 0 radical (unpaired) electrons. The lowest BCUT2D eigenvalue weighted by molar-refractivity contribution is -0.0908. The van der Waals surface area contributed by atoms with Crippen molar-refractivity contribution in [1.29, 1.82) is 0 Å². The topological polar surface area (TPSA) is 33.3 Å². The van der Waals surface area contributed by atoms with E-state index in [0.717, 1.165) is 19.4 Å². The SMILES string of the molecule is CCc1ccc2c(c1)C1OC(CNC)CCC1[C@H](c1cccs1)N2.